The molecule has 0 saturated heterocycles. The van der Waals surface area contributed by atoms with E-state index in [0.717, 1.165) is 17.2 Å². The Kier molecular flexibility index (Phi) is 8.17. The number of carbonyl (C=O) groups is 2. The van der Waals surface area contributed by atoms with Gasteiger partial charge in [-0.1, -0.05) is 42.5 Å². The molecular formula is C25H24N2O7. The number of aliphatic carboxylic acids is 1. The van der Waals surface area contributed by atoms with E-state index in [-0.39, 0.29) is 35.8 Å². The lowest BCUT2D eigenvalue weighted by Crippen LogP contribution is -2.41. The van der Waals surface area contributed by atoms with E-state index in [1.807, 2.05) is 30.3 Å². The number of hydrogen-bond donors (Lipinski definition) is 3. The molecule has 0 bridgehead atoms. The molecule has 0 spiro atoms. The summed E-state index contributed by atoms with van der Waals surface area (Å²) in [5.74, 6) is -1.80. The quantitative estimate of drug-likeness (QED) is 0.290. The lowest BCUT2D eigenvalue weighted by Gasteiger charge is -2.15. The number of carboxylic acid groups (broad SMARTS) is 1. The lowest BCUT2D eigenvalue weighted by atomic mass is 10.0. The summed E-state index contributed by atoms with van der Waals surface area (Å²) in [7, 11) is 0. The summed E-state index contributed by atoms with van der Waals surface area (Å²) in [6.45, 7) is 0.103. The van der Waals surface area contributed by atoms with Gasteiger partial charge in [0.05, 0.1) is 11.5 Å². The van der Waals surface area contributed by atoms with Crippen LogP contribution in [0.25, 0.3) is 0 Å². The third-order valence-electron chi connectivity index (χ3n) is 5.17. The van der Waals surface area contributed by atoms with Crippen molar-refractivity contribution in [3.63, 3.8) is 0 Å². The number of nitro benzene ring substituents is 1. The van der Waals surface area contributed by atoms with E-state index >= 15 is 0 Å². The predicted molar refractivity (Wildman–Crippen MR) is 124 cm³/mol. The minimum Gasteiger partial charge on any atom is -0.508 e. The molecule has 0 radical (unpaired) electrons. The SMILES string of the molecule is O=C(N[C@@H](CCc1ccccc1)C(=O)O)c1ccc([N+](=O)[O-])c(OCCc2ccc(O)cc2)c1. The Balaban J connectivity index is 1.68. The van der Waals surface area contributed by atoms with Crippen molar-refractivity contribution in [2.24, 2.45) is 0 Å². The highest BCUT2D eigenvalue weighted by Gasteiger charge is 2.23. The zero-order valence-electron chi connectivity index (χ0n) is 18.2. The van der Waals surface area contributed by atoms with Crippen LogP contribution < -0.4 is 10.1 Å². The summed E-state index contributed by atoms with van der Waals surface area (Å²) in [6, 6.07) is 18.3. The highest BCUT2D eigenvalue weighted by molar-refractivity contribution is 5.97. The summed E-state index contributed by atoms with van der Waals surface area (Å²) >= 11 is 0. The maximum absolute atomic E-state index is 12.7. The van der Waals surface area contributed by atoms with Crippen molar-refractivity contribution in [3.05, 3.63) is 99.6 Å². The van der Waals surface area contributed by atoms with E-state index in [0.29, 0.717) is 12.8 Å². The Morgan fingerprint density at radius 1 is 0.971 bits per heavy atom. The standard InChI is InChI=1S/C25H24N2O7/c28-20-10-6-18(7-11-20)14-15-34-23-16-19(9-13-22(23)27(32)33)24(29)26-21(25(30)31)12-8-17-4-2-1-3-5-17/h1-7,9-11,13,16,21,28H,8,12,14-15H2,(H,26,29)(H,30,31)/t21-/m0/s1. The van der Waals surface area contributed by atoms with Crippen molar-refractivity contribution in [3.8, 4) is 11.5 Å². The zero-order valence-corrected chi connectivity index (χ0v) is 18.2. The van der Waals surface area contributed by atoms with Gasteiger partial charge >= 0.3 is 11.7 Å². The number of hydrogen-bond acceptors (Lipinski definition) is 6. The first kappa shape index (κ1) is 24.2. The number of benzene rings is 3. The number of aromatic hydroxyl groups is 1. The third kappa shape index (κ3) is 6.80. The van der Waals surface area contributed by atoms with Gasteiger partial charge in [-0.15, -0.1) is 0 Å². The molecule has 3 rings (SSSR count). The summed E-state index contributed by atoms with van der Waals surface area (Å²) in [4.78, 5) is 35.1. The van der Waals surface area contributed by atoms with Gasteiger partial charge in [-0.2, -0.15) is 0 Å². The van der Waals surface area contributed by atoms with Gasteiger partial charge in [-0.05, 0) is 42.2 Å². The number of amides is 1. The summed E-state index contributed by atoms with van der Waals surface area (Å²) in [6.07, 6.45) is 1.08. The summed E-state index contributed by atoms with van der Waals surface area (Å²) in [5.41, 5.74) is 1.55. The maximum atomic E-state index is 12.7. The molecule has 3 aromatic carbocycles. The molecule has 0 unspecified atom stereocenters. The van der Waals surface area contributed by atoms with E-state index in [2.05, 4.69) is 5.32 Å². The molecule has 176 valence electrons. The van der Waals surface area contributed by atoms with Gasteiger partial charge in [0, 0.05) is 24.1 Å². The predicted octanol–water partition coefficient (Wildman–Crippen LogP) is 3.74. The van der Waals surface area contributed by atoms with Crippen LogP contribution in [0.4, 0.5) is 5.69 Å². The Morgan fingerprint density at radius 3 is 2.29 bits per heavy atom. The fourth-order valence-electron chi connectivity index (χ4n) is 3.32. The maximum Gasteiger partial charge on any atom is 0.326 e. The van der Waals surface area contributed by atoms with E-state index < -0.39 is 22.8 Å². The second-order valence-electron chi connectivity index (χ2n) is 7.59. The van der Waals surface area contributed by atoms with Gasteiger partial charge in [-0.3, -0.25) is 14.9 Å². The van der Waals surface area contributed by atoms with Crippen LogP contribution in [0.5, 0.6) is 11.5 Å². The lowest BCUT2D eigenvalue weighted by molar-refractivity contribution is -0.385. The Morgan fingerprint density at radius 2 is 1.65 bits per heavy atom. The molecule has 0 aliphatic carbocycles. The van der Waals surface area contributed by atoms with Crippen molar-refractivity contribution in [2.45, 2.75) is 25.3 Å². The van der Waals surface area contributed by atoms with E-state index in [4.69, 9.17) is 4.74 Å². The average molecular weight is 464 g/mol. The second kappa shape index (κ2) is 11.5. The van der Waals surface area contributed by atoms with Crippen molar-refractivity contribution in [1.29, 1.82) is 0 Å². The zero-order chi connectivity index (χ0) is 24.5. The molecule has 0 aliphatic rings. The van der Waals surface area contributed by atoms with Gasteiger partial charge < -0.3 is 20.3 Å². The van der Waals surface area contributed by atoms with E-state index in [1.165, 1.54) is 24.3 Å². The van der Waals surface area contributed by atoms with E-state index in [1.54, 1.807) is 12.1 Å². The minimum absolute atomic E-state index is 0.0520. The van der Waals surface area contributed by atoms with E-state index in [9.17, 15) is 29.9 Å². The highest BCUT2D eigenvalue weighted by Crippen LogP contribution is 2.28. The number of nitro groups is 1. The van der Waals surface area contributed by atoms with Crippen molar-refractivity contribution >= 4 is 17.6 Å². The first-order chi connectivity index (χ1) is 16.3. The van der Waals surface area contributed by atoms with Crippen molar-refractivity contribution in [2.75, 3.05) is 6.61 Å². The smallest absolute Gasteiger partial charge is 0.326 e. The Hall–Kier alpha value is -4.40. The van der Waals surface area contributed by atoms with Gasteiger partial charge in [0.1, 0.15) is 11.8 Å². The van der Waals surface area contributed by atoms with Crippen LogP contribution in [0.1, 0.15) is 27.9 Å². The number of nitrogens with one attached hydrogen (secondary N) is 1. The van der Waals surface area contributed by atoms with Crippen LogP contribution in [-0.4, -0.2) is 39.7 Å². The fourth-order valence-corrected chi connectivity index (χ4v) is 3.32. The van der Waals surface area contributed by atoms with Gasteiger partial charge in [0.15, 0.2) is 5.75 Å². The highest BCUT2D eigenvalue weighted by atomic mass is 16.6. The molecule has 1 atom stereocenters. The van der Waals surface area contributed by atoms with Crippen LogP contribution in [-0.2, 0) is 17.6 Å². The first-order valence-electron chi connectivity index (χ1n) is 10.6. The minimum atomic E-state index is -1.17. The second-order valence-corrected chi connectivity index (χ2v) is 7.59. The van der Waals surface area contributed by atoms with Crippen molar-refractivity contribution < 1.29 is 29.5 Å². The number of aryl methyl sites for hydroxylation is 1. The van der Waals surface area contributed by atoms with Crippen LogP contribution in [0.3, 0.4) is 0 Å². The summed E-state index contributed by atoms with van der Waals surface area (Å²) < 4.78 is 5.58. The van der Waals surface area contributed by atoms with Crippen LogP contribution in [0, 0.1) is 10.1 Å². The number of carbonyl (C=O) groups excluding carboxylic acids is 1. The molecule has 3 N–H and O–H groups in total. The van der Waals surface area contributed by atoms with Gasteiger partial charge in [0.25, 0.3) is 5.91 Å². The molecule has 0 aromatic heterocycles. The first-order valence-corrected chi connectivity index (χ1v) is 10.6. The van der Waals surface area contributed by atoms with Gasteiger partial charge in [-0.25, -0.2) is 4.79 Å². The molecule has 0 aliphatic heterocycles. The van der Waals surface area contributed by atoms with Crippen LogP contribution in [0.2, 0.25) is 0 Å². The third-order valence-corrected chi connectivity index (χ3v) is 5.17. The molecule has 0 fully saturated rings. The number of phenolic OH excluding ortho intramolecular Hbond substituents is 1. The monoisotopic (exact) mass is 464 g/mol. The van der Waals surface area contributed by atoms with Crippen LogP contribution in [0.15, 0.2) is 72.8 Å². The average Bonchev–Trinajstić information content (AvgIpc) is 2.83. The van der Waals surface area contributed by atoms with Crippen molar-refractivity contribution in [1.82, 2.24) is 5.32 Å². The topological polar surface area (TPSA) is 139 Å². The number of carboxylic acids is 1. The molecule has 0 heterocycles. The Bertz CT molecular complexity index is 1150. The number of nitrogens with zero attached hydrogens (tertiary/aromatic N) is 1. The fraction of sp³-hybridized carbons (Fsp3) is 0.200. The Labute approximate surface area is 195 Å². The molecule has 1 amide bonds. The largest absolute Gasteiger partial charge is 0.508 e. The normalized spacial score (nSPS) is 11.4. The molecule has 34 heavy (non-hydrogen) atoms. The van der Waals surface area contributed by atoms with Crippen LogP contribution >= 0.6 is 0 Å². The number of ether oxygens (including phenoxy) is 1. The van der Waals surface area contributed by atoms with Gasteiger partial charge in [0.2, 0.25) is 0 Å². The molecule has 9 heteroatoms. The summed E-state index contributed by atoms with van der Waals surface area (Å²) in [5, 5.41) is 32.7. The number of rotatable bonds is 11. The molecular weight excluding hydrogens is 440 g/mol. The molecule has 3 aromatic rings. The molecule has 9 nitrogen and oxygen atoms in total. The molecule has 0 saturated carbocycles. The number of phenols is 1.